The van der Waals surface area contributed by atoms with Crippen LogP contribution in [0.5, 0.6) is 0 Å². The molecule has 1 fully saturated rings. The highest BCUT2D eigenvalue weighted by Gasteiger charge is 2.24. The van der Waals surface area contributed by atoms with Crippen LogP contribution >= 0.6 is 11.3 Å². The van der Waals surface area contributed by atoms with Gasteiger partial charge in [0.05, 0.1) is 0 Å². The molecule has 5 heteroatoms. The van der Waals surface area contributed by atoms with Crippen molar-refractivity contribution >= 4 is 16.5 Å². The highest BCUT2D eigenvalue weighted by Crippen LogP contribution is 2.27. The Morgan fingerprint density at radius 2 is 2.24 bits per heavy atom. The Hall–Kier alpha value is -0.650. The molecular formula is C16H30N4S. The number of nitrogens with zero attached hydrogens (tertiary/aromatic N) is 3. The molecule has 4 nitrogen and oxygen atoms in total. The van der Waals surface area contributed by atoms with Crippen LogP contribution in [0, 0.1) is 5.92 Å². The third-order valence-electron chi connectivity index (χ3n) is 4.01. The summed E-state index contributed by atoms with van der Waals surface area (Å²) in [6.07, 6.45) is 4.47. The molecule has 120 valence electrons. The summed E-state index contributed by atoms with van der Waals surface area (Å²) in [6, 6.07) is 0.597. The number of hydrogen-bond donors (Lipinski definition) is 1. The zero-order chi connectivity index (χ0) is 15.2. The second-order valence-electron chi connectivity index (χ2n) is 6.51. The van der Waals surface area contributed by atoms with Crippen LogP contribution in [-0.4, -0.2) is 49.2 Å². The van der Waals surface area contributed by atoms with Crippen LogP contribution < -0.4 is 10.2 Å². The molecule has 1 aromatic heterocycles. The minimum atomic E-state index is 0.597. The number of thiazole rings is 1. The molecule has 2 rings (SSSR count). The molecule has 1 saturated heterocycles. The topological polar surface area (TPSA) is 31.4 Å². The van der Waals surface area contributed by atoms with Gasteiger partial charge >= 0.3 is 0 Å². The minimum Gasteiger partial charge on any atom is -0.344 e. The average molecular weight is 311 g/mol. The summed E-state index contributed by atoms with van der Waals surface area (Å²) >= 11 is 1.85. The monoisotopic (exact) mass is 310 g/mol. The molecule has 1 atom stereocenters. The molecule has 0 saturated carbocycles. The standard InChI is InChI=1S/C16H30N4S/c1-5-14-12-19(4)7-6-8-20(14)16-18-11-15(21-16)10-17-9-13(2)3/h11,13-14,17H,5-10,12H2,1-4H3. The molecular weight excluding hydrogens is 280 g/mol. The molecule has 21 heavy (non-hydrogen) atoms. The predicted molar refractivity (Wildman–Crippen MR) is 92.2 cm³/mol. The van der Waals surface area contributed by atoms with E-state index in [1.54, 1.807) is 0 Å². The zero-order valence-electron chi connectivity index (χ0n) is 13.9. The summed E-state index contributed by atoms with van der Waals surface area (Å²) in [6.45, 7) is 12.3. The Balaban J connectivity index is 1.98. The van der Waals surface area contributed by atoms with Crippen LogP contribution in [0.3, 0.4) is 0 Å². The van der Waals surface area contributed by atoms with Gasteiger partial charge in [-0.15, -0.1) is 11.3 Å². The van der Waals surface area contributed by atoms with Gasteiger partial charge in [0.25, 0.3) is 0 Å². The quantitative estimate of drug-likeness (QED) is 0.875. The van der Waals surface area contributed by atoms with Gasteiger partial charge in [-0.05, 0) is 38.9 Å². The molecule has 1 aliphatic rings. The lowest BCUT2D eigenvalue weighted by molar-refractivity contribution is 0.328. The van der Waals surface area contributed by atoms with Crippen LogP contribution in [0.1, 0.15) is 38.5 Å². The Morgan fingerprint density at radius 3 is 2.95 bits per heavy atom. The van der Waals surface area contributed by atoms with Crippen LogP contribution in [0.2, 0.25) is 0 Å². The lowest BCUT2D eigenvalue weighted by Crippen LogP contribution is -2.39. The largest absolute Gasteiger partial charge is 0.344 e. The van der Waals surface area contributed by atoms with Gasteiger partial charge in [-0.3, -0.25) is 0 Å². The molecule has 1 aliphatic heterocycles. The highest BCUT2D eigenvalue weighted by molar-refractivity contribution is 7.15. The molecule has 1 N–H and O–H groups in total. The van der Waals surface area contributed by atoms with Crippen molar-refractivity contribution in [3.63, 3.8) is 0 Å². The maximum absolute atomic E-state index is 4.69. The van der Waals surface area contributed by atoms with E-state index in [-0.39, 0.29) is 0 Å². The number of rotatable bonds is 6. The SMILES string of the molecule is CCC1CN(C)CCCN1c1ncc(CNCC(C)C)s1. The van der Waals surface area contributed by atoms with Gasteiger partial charge < -0.3 is 15.1 Å². The smallest absolute Gasteiger partial charge is 0.185 e. The van der Waals surface area contributed by atoms with E-state index in [4.69, 9.17) is 0 Å². The van der Waals surface area contributed by atoms with Crippen LogP contribution in [0.15, 0.2) is 6.20 Å². The summed E-state index contributed by atoms with van der Waals surface area (Å²) < 4.78 is 0. The first kappa shape index (κ1) is 16.7. The van der Waals surface area contributed by atoms with E-state index in [9.17, 15) is 0 Å². The van der Waals surface area contributed by atoms with Crippen molar-refractivity contribution in [2.75, 3.05) is 38.1 Å². The van der Waals surface area contributed by atoms with E-state index >= 15 is 0 Å². The molecule has 0 amide bonds. The van der Waals surface area contributed by atoms with Gasteiger partial charge in [0, 0.05) is 36.8 Å². The fourth-order valence-corrected chi connectivity index (χ4v) is 3.82. The predicted octanol–water partition coefficient (Wildman–Crippen LogP) is 2.81. The summed E-state index contributed by atoms with van der Waals surface area (Å²) in [4.78, 5) is 11.0. The zero-order valence-corrected chi connectivity index (χ0v) is 14.7. The maximum Gasteiger partial charge on any atom is 0.185 e. The van der Waals surface area contributed by atoms with Crippen LogP contribution in [0.4, 0.5) is 5.13 Å². The molecule has 0 spiro atoms. The minimum absolute atomic E-state index is 0.597. The fraction of sp³-hybridized carbons (Fsp3) is 0.812. The van der Waals surface area contributed by atoms with Gasteiger partial charge in [-0.1, -0.05) is 20.8 Å². The van der Waals surface area contributed by atoms with Crippen molar-refractivity contribution in [3.8, 4) is 0 Å². The van der Waals surface area contributed by atoms with Crippen molar-refractivity contribution in [2.45, 2.75) is 46.2 Å². The normalized spacial score (nSPS) is 21.0. The fourth-order valence-electron chi connectivity index (χ4n) is 2.84. The first-order valence-corrected chi connectivity index (χ1v) is 9.02. The van der Waals surface area contributed by atoms with Gasteiger partial charge in [-0.25, -0.2) is 4.98 Å². The number of hydrogen-bond acceptors (Lipinski definition) is 5. The molecule has 1 aromatic rings. The average Bonchev–Trinajstić information content (AvgIpc) is 2.81. The molecule has 0 aromatic carbocycles. The summed E-state index contributed by atoms with van der Waals surface area (Å²) in [5.74, 6) is 0.697. The van der Waals surface area contributed by atoms with E-state index in [0.717, 1.165) is 26.2 Å². The van der Waals surface area contributed by atoms with Crippen LogP contribution in [0.25, 0.3) is 0 Å². The van der Waals surface area contributed by atoms with Crippen LogP contribution in [-0.2, 0) is 6.54 Å². The second-order valence-corrected chi connectivity index (χ2v) is 7.60. The molecule has 0 radical (unpaired) electrons. The third-order valence-corrected chi connectivity index (χ3v) is 5.05. The first-order valence-electron chi connectivity index (χ1n) is 8.20. The van der Waals surface area contributed by atoms with E-state index in [2.05, 4.69) is 54.1 Å². The maximum atomic E-state index is 4.69. The van der Waals surface area contributed by atoms with E-state index in [0.29, 0.717) is 12.0 Å². The third kappa shape index (κ3) is 4.94. The van der Waals surface area contributed by atoms with Crippen molar-refractivity contribution in [1.82, 2.24) is 15.2 Å². The number of anilines is 1. The van der Waals surface area contributed by atoms with Gasteiger partial charge in [0.2, 0.25) is 0 Å². The number of nitrogens with one attached hydrogen (secondary N) is 1. The Labute approximate surface area is 133 Å². The van der Waals surface area contributed by atoms with Crippen molar-refractivity contribution in [1.29, 1.82) is 0 Å². The Bertz CT molecular complexity index is 418. The van der Waals surface area contributed by atoms with E-state index in [1.165, 1.54) is 29.4 Å². The van der Waals surface area contributed by atoms with Crippen molar-refractivity contribution in [2.24, 2.45) is 5.92 Å². The van der Waals surface area contributed by atoms with Gasteiger partial charge in [-0.2, -0.15) is 0 Å². The summed E-state index contributed by atoms with van der Waals surface area (Å²) in [7, 11) is 2.23. The van der Waals surface area contributed by atoms with Gasteiger partial charge in [0.15, 0.2) is 5.13 Å². The number of aromatic nitrogens is 1. The molecule has 2 heterocycles. The van der Waals surface area contributed by atoms with E-state index < -0.39 is 0 Å². The summed E-state index contributed by atoms with van der Waals surface area (Å²) in [5.41, 5.74) is 0. The van der Waals surface area contributed by atoms with Gasteiger partial charge in [0.1, 0.15) is 0 Å². The second kappa shape index (κ2) is 8.11. The molecule has 1 unspecified atom stereocenters. The highest BCUT2D eigenvalue weighted by atomic mass is 32.1. The summed E-state index contributed by atoms with van der Waals surface area (Å²) in [5, 5.41) is 4.71. The number of likely N-dealkylation sites (N-methyl/N-ethyl adjacent to an activating group) is 1. The lowest BCUT2D eigenvalue weighted by Gasteiger charge is -2.29. The Morgan fingerprint density at radius 1 is 1.43 bits per heavy atom. The van der Waals surface area contributed by atoms with Crippen molar-refractivity contribution < 1.29 is 0 Å². The lowest BCUT2D eigenvalue weighted by atomic mass is 10.2. The molecule has 0 bridgehead atoms. The molecule has 0 aliphatic carbocycles. The van der Waals surface area contributed by atoms with Crippen molar-refractivity contribution in [3.05, 3.63) is 11.1 Å². The Kier molecular flexibility index (Phi) is 6.45. The van der Waals surface area contributed by atoms with E-state index in [1.807, 2.05) is 11.3 Å². The first-order chi connectivity index (χ1) is 10.1.